The predicted molar refractivity (Wildman–Crippen MR) is 98.9 cm³/mol. The summed E-state index contributed by atoms with van der Waals surface area (Å²) in [6, 6.07) is 8.13. The Hall–Kier alpha value is -0.490. The molecular weight excluding hydrogens is 432 g/mol. The van der Waals surface area contributed by atoms with Crippen molar-refractivity contribution in [2.45, 2.75) is 19.3 Å². The summed E-state index contributed by atoms with van der Waals surface area (Å²) in [5.41, 5.74) is 1.86. The highest BCUT2D eigenvalue weighted by Gasteiger charge is 2.20. The number of hydrogen-bond donors (Lipinski definition) is 0. The number of halogens is 2. The monoisotopic (exact) mass is 442 g/mol. The average Bonchev–Trinajstić information content (AvgIpc) is 3.03. The van der Waals surface area contributed by atoms with Crippen LogP contribution in [0.1, 0.15) is 29.0 Å². The lowest BCUT2D eigenvalue weighted by Gasteiger charge is -2.16. The van der Waals surface area contributed by atoms with Crippen molar-refractivity contribution in [3.8, 4) is 0 Å². The zero-order chi connectivity index (χ0) is 14.8. The lowest BCUT2D eigenvalue weighted by atomic mass is 9.88. The number of Topliss-reactive ketones (excluding diaryl/α,β-unsaturated/α-hetero) is 1. The van der Waals surface area contributed by atoms with Gasteiger partial charge in [-0.2, -0.15) is 0 Å². The first-order chi connectivity index (χ1) is 10.1. The zero-order valence-electron chi connectivity index (χ0n) is 11.1. The Morgan fingerprint density at radius 2 is 1.33 bits per heavy atom. The van der Waals surface area contributed by atoms with E-state index in [0.717, 1.165) is 47.7 Å². The molecule has 1 aliphatic rings. The number of carbonyl (C=O) groups is 1. The first-order valence-electron chi connectivity index (χ1n) is 6.58. The number of ketones is 1. The lowest BCUT2D eigenvalue weighted by molar-refractivity contribution is -0.112. The van der Waals surface area contributed by atoms with Gasteiger partial charge in [-0.1, -0.05) is 0 Å². The smallest absolute Gasteiger partial charge is 0.185 e. The second kappa shape index (κ2) is 6.73. The van der Waals surface area contributed by atoms with Gasteiger partial charge in [0, 0.05) is 20.9 Å². The fourth-order valence-electron chi connectivity index (χ4n) is 2.33. The van der Waals surface area contributed by atoms with Crippen molar-refractivity contribution in [3.63, 3.8) is 0 Å². The Morgan fingerprint density at radius 1 is 0.857 bits per heavy atom. The minimum atomic E-state index is 0.204. The number of rotatable bonds is 2. The van der Waals surface area contributed by atoms with Crippen LogP contribution in [0.5, 0.6) is 0 Å². The molecule has 0 saturated heterocycles. The molecule has 2 aromatic heterocycles. The van der Waals surface area contributed by atoms with Gasteiger partial charge in [-0.15, -0.1) is 22.7 Å². The molecule has 0 radical (unpaired) electrons. The van der Waals surface area contributed by atoms with Crippen molar-refractivity contribution in [1.29, 1.82) is 0 Å². The first-order valence-corrected chi connectivity index (χ1v) is 9.80. The van der Waals surface area contributed by atoms with Crippen LogP contribution >= 0.6 is 54.5 Å². The summed E-state index contributed by atoms with van der Waals surface area (Å²) in [6.07, 6.45) is 6.87. The molecule has 3 rings (SSSR count). The van der Waals surface area contributed by atoms with E-state index in [0.29, 0.717) is 0 Å². The largest absolute Gasteiger partial charge is 0.289 e. The van der Waals surface area contributed by atoms with E-state index in [1.807, 2.05) is 36.4 Å². The number of allylic oxidation sites excluding steroid dienone is 2. The number of hydrogen-bond acceptors (Lipinski definition) is 3. The highest BCUT2D eigenvalue weighted by Crippen LogP contribution is 2.32. The van der Waals surface area contributed by atoms with Gasteiger partial charge in [0.2, 0.25) is 0 Å². The molecule has 1 saturated carbocycles. The fourth-order valence-corrected chi connectivity index (χ4v) is 5.12. The Labute approximate surface area is 148 Å². The highest BCUT2D eigenvalue weighted by atomic mass is 79.9. The van der Waals surface area contributed by atoms with Gasteiger partial charge in [0.05, 0.1) is 7.57 Å². The van der Waals surface area contributed by atoms with Crippen molar-refractivity contribution < 1.29 is 4.79 Å². The third-order valence-corrected chi connectivity index (χ3v) is 6.44. The van der Waals surface area contributed by atoms with Crippen molar-refractivity contribution >= 4 is 72.5 Å². The van der Waals surface area contributed by atoms with Crippen LogP contribution in [-0.4, -0.2) is 5.78 Å². The third-order valence-electron chi connectivity index (χ3n) is 3.30. The van der Waals surface area contributed by atoms with E-state index in [2.05, 4.69) is 31.9 Å². The van der Waals surface area contributed by atoms with Crippen molar-refractivity contribution in [1.82, 2.24) is 0 Å². The van der Waals surface area contributed by atoms with E-state index in [9.17, 15) is 4.79 Å². The molecule has 0 atom stereocenters. The standard InChI is InChI=1S/C16H12Br2OS2/c17-14-6-4-12(20-14)8-10-2-1-3-11(16(10)19)9-13-5-7-15(18)21-13/h4-9H,1-3H2/b10-8-,11-9-. The maximum atomic E-state index is 12.6. The van der Waals surface area contributed by atoms with Gasteiger partial charge in [-0.25, -0.2) is 0 Å². The molecule has 1 aliphatic carbocycles. The predicted octanol–water partition coefficient (Wildman–Crippen LogP) is 6.55. The van der Waals surface area contributed by atoms with Crippen LogP contribution in [0.3, 0.4) is 0 Å². The summed E-state index contributed by atoms with van der Waals surface area (Å²) in [5, 5.41) is 0. The van der Waals surface area contributed by atoms with Gasteiger partial charge >= 0.3 is 0 Å². The van der Waals surface area contributed by atoms with Crippen molar-refractivity contribution in [2.75, 3.05) is 0 Å². The van der Waals surface area contributed by atoms with E-state index in [4.69, 9.17) is 0 Å². The molecule has 0 bridgehead atoms. The van der Waals surface area contributed by atoms with Crippen molar-refractivity contribution in [3.05, 3.63) is 52.7 Å². The number of carbonyl (C=O) groups excluding carboxylic acids is 1. The molecule has 0 unspecified atom stereocenters. The molecule has 0 spiro atoms. The second-order valence-electron chi connectivity index (χ2n) is 4.81. The van der Waals surface area contributed by atoms with E-state index in [-0.39, 0.29) is 5.78 Å². The average molecular weight is 444 g/mol. The molecule has 5 heteroatoms. The van der Waals surface area contributed by atoms with Gasteiger partial charge in [0.1, 0.15) is 0 Å². The van der Waals surface area contributed by atoms with Crippen LogP contribution in [0.15, 0.2) is 43.0 Å². The van der Waals surface area contributed by atoms with Gasteiger partial charge in [0.15, 0.2) is 5.78 Å². The summed E-state index contributed by atoms with van der Waals surface area (Å²) >= 11 is 10.2. The molecule has 1 nitrogen and oxygen atoms in total. The maximum Gasteiger partial charge on any atom is 0.185 e. The van der Waals surface area contributed by atoms with Crippen LogP contribution in [0.4, 0.5) is 0 Å². The molecule has 2 aromatic rings. The molecule has 108 valence electrons. The molecule has 1 fully saturated rings. The van der Waals surface area contributed by atoms with Crippen molar-refractivity contribution in [2.24, 2.45) is 0 Å². The molecule has 21 heavy (non-hydrogen) atoms. The van der Waals surface area contributed by atoms with E-state index in [1.165, 1.54) is 0 Å². The van der Waals surface area contributed by atoms with Crippen LogP contribution in [0.2, 0.25) is 0 Å². The van der Waals surface area contributed by atoms with Crippen LogP contribution in [0.25, 0.3) is 12.2 Å². The van der Waals surface area contributed by atoms with Gasteiger partial charge in [-0.05, 0) is 87.5 Å². The molecule has 2 heterocycles. The summed E-state index contributed by atoms with van der Waals surface area (Å²) < 4.78 is 2.19. The minimum absolute atomic E-state index is 0.204. The van der Waals surface area contributed by atoms with Crippen LogP contribution < -0.4 is 0 Å². The van der Waals surface area contributed by atoms with Gasteiger partial charge < -0.3 is 0 Å². The normalized spacial score (nSPS) is 19.6. The zero-order valence-corrected chi connectivity index (χ0v) is 15.9. The van der Waals surface area contributed by atoms with Gasteiger partial charge in [0.25, 0.3) is 0 Å². The van der Waals surface area contributed by atoms with E-state index >= 15 is 0 Å². The summed E-state index contributed by atoms with van der Waals surface area (Å²) in [6.45, 7) is 0. The fraction of sp³-hybridized carbons (Fsp3) is 0.188. The van der Waals surface area contributed by atoms with E-state index < -0.39 is 0 Å². The summed E-state index contributed by atoms with van der Waals surface area (Å²) in [5.74, 6) is 0.204. The SMILES string of the molecule is O=C1/C(=C\c2ccc(Br)s2)CCC/C1=C/c1ccc(Br)s1. The Bertz CT molecular complexity index is 677. The Kier molecular flexibility index (Phi) is 4.94. The Morgan fingerprint density at radius 3 is 1.71 bits per heavy atom. The van der Waals surface area contributed by atoms with Crippen LogP contribution in [-0.2, 0) is 4.79 Å². The second-order valence-corrected chi connectivity index (χ2v) is 9.79. The molecule has 0 amide bonds. The summed E-state index contributed by atoms with van der Waals surface area (Å²) in [4.78, 5) is 14.9. The number of thiophene rings is 2. The topological polar surface area (TPSA) is 17.1 Å². The van der Waals surface area contributed by atoms with Gasteiger partial charge in [-0.3, -0.25) is 4.79 Å². The molecule has 0 aliphatic heterocycles. The first kappa shape index (κ1) is 15.4. The maximum absolute atomic E-state index is 12.6. The summed E-state index contributed by atoms with van der Waals surface area (Å²) in [7, 11) is 0. The quantitative estimate of drug-likeness (QED) is 0.480. The van der Waals surface area contributed by atoms with E-state index in [1.54, 1.807) is 22.7 Å². The third kappa shape index (κ3) is 3.83. The molecular formula is C16H12Br2OS2. The Balaban J connectivity index is 1.87. The highest BCUT2D eigenvalue weighted by molar-refractivity contribution is 9.11. The molecule has 0 aromatic carbocycles. The van der Waals surface area contributed by atoms with Crippen LogP contribution in [0, 0.1) is 0 Å². The lowest BCUT2D eigenvalue weighted by Crippen LogP contribution is -2.11. The molecule has 0 N–H and O–H groups in total. The minimum Gasteiger partial charge on any atom is -0.289 e.